The summed E-state index contributed by atoms with van der Waals surface area (Å²) in [5, 5.41) is -0.550. The fraction of sp³-hybridized carbons (Fsp3) is 0.462. The average Bonchev–Trinajstić information content (AvgIpc) is 3.07. The van der Waals surface area contributed by atoms with Crippen LogP contribution in [0.15, 0.2) is 30.3 Å². The Morgan fingerprint density at radius 3 is 2.00 bits per heavy atom. The third-order valence-corrected chi connectivity index (χ3v) is 7.90. The molecule has 2 amide bonds. The van der Waals surface area contributed by atoms with Gasteiger partial charge in [-0.1, -0.05) is 51.6 Å². The van der Waals surface area contributed by atoms with E-state index in [1.807, 2.05) is 27.7 Å². The summed E-state index contributed by atoms with van der Waals surface area (Å²) >= 11 is 0.765. The molecular weight excluding hydrogens is 520 g/mol. The summed E-state index contributed by atoms with van der Waals surface area (Å²) in [7, 11) is 0. The minimum Gasteiger partial charge on any atom is -0.405 e. The van der Waals surface area contributed by atoms with Crippen LogP contribution in [0.5, 0.6) is 5.75 Å². The topological polar surface area (TPSA) is 46.6 Å². The van der Waals surface area contributed by atoms with E-state index in [2.05, 4.69) is 4.74 Å². The Kier molecular flexibility index (Phi) is 6.62. The van der Waals surface area contributed by atoms with E-state index in [4.69, 9.17) is 0 Å². The number of nitrogens with zero attached hydrogens (tertiary/aromatic N) is 1. The van der Waals surface area contributed by atoms with Gasteiger partial charge < -0.3 is 4.74 Å². The maximum atomic E-state index is 14.3. The molecule has 0 spiro atoms. The second kappa shape index (κ2) is 8.96. The van der Waals surface area contributed by atoms with Crippen LogP contribution in [0.3, 0.4) is 0 Å². The van der Waals surface area contributed by atoms with Crippen molar-refractivity contribution < 1.29 is 40.7 Å². The van der Waals surface area contributed by atoms with Gasteiger partial charge in [0.2, 0.25) is 5.91 Å². The fourth-order valence-corrected chi connectivity index (χ4v) is 5.61. The van der Waals surface area contributed by atoms with Crippen molar-refractivity contribution in [2.75, 3.05) is 5.75 Å². The largest absolute Gasteiger partial charge is 0.573 e. The molecule has 1 aliphatic heterocycles. The van der Waals surface area contributed by atoms with Gasteiger partial charge in [0.25, 0.3) is 5.24 Å². The van der Waals surface area contributed by atoms with E-state index in [1.54, 1.807) is 0 Å². The molecular formula is C26H25F6NO3S. The van der Waals surface area contributed by atoms with Gasteiger partial charge >= 0.3 is 12.5 Å². The molecule has 0 radical (unpaired) electrons. The Morgan fingerprint density at radius 2 is 1.49 bits per heavy atom. The number of carbonyl (C=O) groups excluding carboxylic acids is 2. The first-order valence-corrected chi connectivity index (χ1v) is 12.5. The van der Waals surface area contributed by atoms with E-state index < -0.39 is 51.4 Å². The number of hydrogen-bond donors (Lipinski definition) is 0. The molecule has 0 atom stereocenters. The minimum atomic E-state index is -5.18. The second-order valence-electron chi connectivity index (χ2n) is 10.6. The van der Waals surface area contributed by atoms with Crippen molar-refractivity contribution in [2.45, 2.75) is 70.4 Å². The number of amides is 2. The van der Waals surface area contributed by atoms with Crippen molar-refractivity contribution in [1.82, 2.24) is 4.90 Å². The Morgan fingerprint density at radius 1 is 0.892 bits per heavy atom. The third-order valence-electron chi connectivity index (χ3n) is 7.04. The molecule has 11 heteroatoms. The lowest BCUT2D eigenvalue weighted by Gasteiger charge is -2.42. The first-order valence-electron chi connectivity index (χ1n) is 11.5. The number of fused-ring (bicyclic) bond motifs is 1. The van der Waals surface area contributed by atoms with Crippen LogP contribution >= 0.6 is 11.8 Å². The lowest BCUT2D eigenvalue weighted by molar-refractivity contribution is -0.274. The first kappa shape index (κ1) is 27.3. The molecule has 4 nitrogen and oxygen atoms in total. The van der Waals surface area contributed by atoms with Crippen molar-refractivity contribution in [3.05, 3.63) is 52.6 Å². The Balaban J connectivity index is 1.92. The lowest BCUT2D eigenvalue weighted by Crippen LogP contribution is -2.34. The van der Waals surface area contributed by atoms with Crippen LogP contribution in [0.2, 0.25) is 0 Å². The highest BCUT2D eigenvalue weighted by Gasteiger charge is 2.43. The normalized spacial score (nSPS) is 19.2. The number of thioether (sulfide) groups is 1. The number of benzene rings is 2. The molecule has 2 aromatic rings. The summed E-state index contributed by atoms with van der Waals surface area (Å²) in [5.74, 6) is -1.43. The number of alkyl halides is 6. The molecule has 0 bridgehead atoms. The standard InChI is InChI=1S/C26H25F6NO3S/c1-23(2)7-8-24(3,4)19-11-17(25(27,28)29)16(10-18(19)23)15-6-5-14(9-20(15)36-26(30,31)32)12-33-21(34)13-37-22(33)35/h5-6,9-11H,7-8,12-13H2,1-4H3. The van der Waals surface area contributed by atoms with E-state index in [1.165, 1.54) is 12.1 Å². The van der Waals surface area contributed by atoms with Crippen molar-refractivity contribution >= 4 is 22.9 Å². The number of halogens is 6. The third kappa shape index (κ3) is 5.46. The smallest absolute Gasteiger partial charge is 0.405 e. The summed E-state index contributed by atoms with van der Waals surface area (Å²) in [6.07, 6.45) is -8.68. The Bertz CT molecular complexity index is 1250. The van der Waals surface area contributed by atoms with E-state index in [0.29, 0.717) is 24.0 Å². The van der Waals surface area contributed by atoms with Gasteiger partial charge in [-0.05, 0) is 64.1 Å². The second-order valence-corrected chi connectivity index (χ2v) is 11.5. The van der Waals surface area contributed by atoms with Gasteiger partial charge in [-0.3, -0.25) is 14.5 Å². The maximum Gasteiger partial charge on any atom is 0.573 e. The van der Waals surface area contributed by atoms with Crippen LogP contribution < -0.4 is 4.74 Å². The van der Waals surface area contributed by atoms with Crippen molar-refractivity contribution in [2.24, 2.45) is 0 Å². The van der Waals surface area contributed by atoms with E-state index in [0.717, 1.165) is 34.9 Å². The summed E-state index contributed by atoms with van der Waals surface area (Å²) in [4.78, 5) is 24.7. The maximum absolute atomic E-state index is 14.3. The van der Waals surface area contributed by atoms with E-state index >= 15 is 0 Å². The zero-order valence-corrected chi connectivity index (χ0v) is 21.4. The van der Waals surface area contributed by atoms with Crippen molar-refractivity contribution in [1.29, 1.82) is 0 Å². The molecule has 1 heterocycles. The molecule has 0 unspecified atom stereocenters. The van der Waals surface area contributed by atoms with Crippen LogP contribution in [0.4, 0.5) is 31.1 Å². The zero-order valence-electron chi connectivity index (χ0n) is 20.6. The van der Waals surface area contributed by atoms with Gasteiger partial charge in [0.1, 0.15) is 5.75 Å². The number of hydrogen-bond acceptors (Lipinski definition) is 4. The van der Waals surface area contributed by atoms with Crippen LogP contribution in [-0.2, 0) is 28.3 Å². The highest BCUT2D eigenvalue weighted by molar-refractivity contribution is 8.14. The summed E-state index contributed by atoms with van der Waals surface area (Å²) < 4.78 is 87.2. The predicted molar refractivity (Wildman–Crippen MR) is 127 cm³/mol. The Hall–Kier alpha value is -2.69. The van der Waals surface area contributed by atoms with E-state index in [-0.39, 0.29) is 23.4 Å². The van der Waals surface area contributed by atoms with Crippen LogP contribution in [0, 0.1) is 0 Å². The average molecular weight is 546 g/mol. The van der Waals surface area contributed by atoms with Crippen molar-refractivity contribution in [3.8, 4) is 16.9 Å². The molecule has 1 saturated heterocycles. The number of carbonyl (C=O) groups is 2. The van der Waals surface area contributed by atoms with Crippen LogP contribution in [-0.4, -0.2) is 28.2 Å². The minimum absolute atomic E-state index is 0.0843. The van der Waals surface area contributed by atoms with Gasteiger partial charge in [-0.2, -0.15) is 13.2 Å². The monoisotopic (exact) mass is 545 g/mol. The van der Waals surface area contributed by atoms with Gasteiger partial charge in [0.05, 0.1) is 17.9 Å². The summed E-state index contributed by atoms with van der Waals surface area (Å²) in [5.41, 5.74) is -1.65. The number of imide groups is 1. The number of ether oxygens (including phenoxy) is 1. The molecule has 37 heavy (non-hydrogen) atoms. The fourth-order valence-electron chi connectivity index (χ4n) is 4.88. The lowest BCUT2D eigenvalue weighted by atomic mass is 9.62. The first-order chi connectivity index (χ1) is 16.9. The van der Waals surface area contributed by atoms with Crippen LogP contribution in [0.1, 0.15) is 62.8 Å². The molecule has 0 aromatic heterocycles. The Labute approximate surface area is 214 Å². The van der Waals surface area contributed by atoms with E-state index in [9.17, 15) is 35.9 Å². The highest BCUT2D eigenvalue weighted by atomic mass is 32.2. The molecule has 1 aliphatic carbocycles. The van der Waals surface area contributed by atoms with Crippen molar-refractivity contribution in [3.63, 3.8) is 0 Å². The molecule has 4 rings (SSSR count). The SMILES string of the molecule is CC1(C)CCC(C)(C)c2cc(C(F)(F)F)c(-c3ccc(CN4C(=O)CSC4=O)cc3OC(F)(F)F)cc21. The molecule has 200 valence electrons. The highest BCUT2D eigenvalue weighted by Crippen LogP contribution is 2.51. The van der Waals surface area contributed by atoms with Gasteiger partial charge in [0.15, 0.2) is 0 Å². The molecule has 0 N–H and O–H groups in total. The van der Waals surface area contributed by atoms with Crippen LogP contribution in [0.25, 0.3) is 11.1 Å². The van der Waals surface area contributed by atoms with Gasteiger partial charge in [-0.15, -0.1) is 13.2 Å². The zero-order chi connectivity index (χ0) is 27.6. The predicted octanol–water partition coefficient (Wildman–Crippen LogP) is 7.82. The van der Waals surface area contributed by atoms with Gasteiger partial charge in [0, 0.05) is 5.56 Å². The quantitative estimate of drug-likeness (QED) is 0.368. The number of rotatable bonds is 4. The van der Waals surface area contributed by atoms with Gasteiger partial charge in [-0.25, -0.2) is 0 Å². The molecule has 2 aromatic carbocycles. The molecule has 1 fully saturated rings. The summed E-state index contributed by atoms with van der Waals surface area (Å²) in [6, 6.07) is 5.74. The molecule has 2 aliphatic rings. The molecule has 0 saturated carbocycles. The summed E-state index contributed by atoms with van der Waals surface area (Å²) in [6.45, 7) is 7.18.